The van der Waals surface area contributed by atoms with Gasteiger partial charge < -0.3 is 10.2 Å². The van der Waals surface area contributed by atoms with Gasteiger partial charge >= 0.3 is 0 Å². The van der Waals surface area contributed by atoms with Gasteiger partial charge in [-0.1, -0.05) is 72.6 Å². The van der Waals surface area contributed by atoms with Crippen LogP contribution in [0, 0.1) is 5.92 Å². The molecule has 1 N–H and O–H groups in total. The third kappa shape index (κ3) is 4.76. The molecule has 0 fully saturated rings. The lowest BCUT2D eigenvalue weighted by molar-refractivity contribution is -0.129. The quantitative estimate of drug-likeness (QED) is 0.324. The first-order valence-electron chi connectivity index (χ1n) is 11.5. The van der Waals surface area contributed by atoms with E-state index in [9.17, 15) is 9.59 Å². The molecule has 0 radical (unpaired) electrons. The van der Waals surface area contributed by atoms with Crippen molar-refractivity contribution in [3.63, 3.8) is 0 Å². The van der Waals surface area contributed by atoms with Crippen LogP contribution in [0.3, 0.4) is 0 Å². The highest BCUT2D eigenvalue weighted by Crippen LogP contribution is 2.33. The highest BCUT2D eigenvalue weighted by molar-refractivity contribution is 7.21. The summed E-state index contributed by atoms with van der Waals surface area (Å²) >= 11 is 13.8. The number of carbonyl (C=O) groups excluding carboxylic acids is 2. The second-order valence-corrected chi connectivity index (χ2v) is 10.7. The zero-order valence-corrected chi connectivity index (χ0v) is 22.0. The van der Waals surface area contributed by atoms with E-state index >= 15 is 0 Å². The second kappa shape index (κ2) is 10.1. The Kier molecular flexibility index (Phi) is 6.84. The molecule has 2 unspecified atom stereocenters. The van der Waals surface area contributed by atoms with Crippen LogP contribution in [0.1, 0.15) is 22.9 Å². The molecule has 3 aromatic carbocycles. The Balaban J connectivity index is 1.48. The van der Waals surface area contributed by atoms with E-state index < -0.39 is 12.1 Å². The standard InChI is InChI=1S/C28H23Cl2N3O2S/c1-16(13-17-11-12-20(29)21(30)14-17)27(34)32-26-28(35)33(2)22-9-5-4-8-19(22)25(31-26)24-15-18-7-3-6-10-23(18)36-24/h3-12,14-16,26H,13H2,1-2H3,(H,32,34). The summed E-state index contributed by atoms with van der Waals surface area (Å²) in [6, 6.07) is 23.2. The Morgan fingerprint density at radius 2 is 1.81 bits per heavy atom. The fourth-order valence-corrected chi connectivity index (χ4v) is 5.70. The van der Waals surface area contributed by atoms with E-state index in [1.54, 1.807) is 35.4 Å². The van der Waals surface area contributed by atoms with Gasteiger partial charge in [0.15, 0.2) is 0 Å². The van der Waals surface area contributed by atoms with Gasteiger partial charge in [-0.05, 0) is 47.7 Å². The number of hydrogen-bond acceptors (Lipinski definition) is 4. The van der Waals surface area contributed by atoms with Crippen LogP contribution in [-0.4, -0.2) is 30.7 Å². The van der Waals surface area contributed by atoms with E-state index in [0.29, 0.717) is 22.2 Å². The number of halogens is 2. The van der Waals surface area contributed by atoms with Crippen molar-refractivity contribution < 1.29 is 9.59 Å². The summed E-state index contributed by atoms with van der Waals surface area (Å²) in [5, 5.41) is 4.90. The topological polar surface area (TPSA) is 61.8 Å². The molecule has 182 valence electrons. The van der Waals surface area contributed by atoms with Crippen LogP contribution in [0.25, 0.3) is 10.1 Å². The number of aliphatic imine (C=N–C) groups is 1. The van der Waals surface area contributed by atoms with Gasteiger partial charge in [-0.15, -0.1) is 11.3 Å². The molecule has 2 amide bonds. The summed E-state index contributed by atoms with van der Waals surface area (Å²) in [7, 11) is 1.71. The molecular formula is C28H23Cl2N3O2S. The van der Waals surface area contributed by atoms with Crippen LogP contribution in [-0.2, 0) is 16.0 Å². The van der Waals surface area contributed by atoms with Crippen LogP contribution in [0.15, 0.2) is 77.8 Å². The Bertz CT molecular complexity index is 1480. The first kappa shape index (κ1) is 24.5. The van der Waals surface area contributed by atoms with Gasteiger partial charge in [-0.3, -0.25) is 9.59 Å². The predicted molar refractivity (Wildman–Crippen MR) is 149 cm³/mol. The monoisotopic (exact) mass is 535 g/mol. The van der Waals surface area contributed by atoms with Gasteiger partial charge in [0.05, 0.1) is 26.3 Å². The number of hydrogen-bond donors (Lipinski definition) is 1. The number of benzene rings is 3. The lowest BCUT2D eigenvalue weighted by Gasteiger charge is -2.22. The van der Waals surface area contributed by atoms with Crippen molar-refractivity contribution in [1.29, 1.82) is 0 Å². The summed E-state index contributed by atoms with van der Waals surface area (Å²) in [6.45, 7) is 1.81. The molecule has 5 nitrogen and oxygen atoms in total. The number of thiophene rings is 1. The van der Waals surface area contributed by atoms with Crippen molar-refractivity contribution in [3.8, 4) is 0 Å². The molecule has 1 aliphatic heterocycles. The lowest BCUT2D eigenvalue weighted by Crippen LogP contribution is -2.47. The van der Waals surface area contributed by atoms with Crippen molar-refractivity contribution in [2.75, 3.05) is 11.9 Å². The highest BCUT2D eigenvalue weighted by Gasteiger charge is 2.32. The number of nitrogens with zero attached hydrogens (tertiary/aromatic N) is 2. The molecule has 2 atom stereocenters. The number of amides is 2. The normalized spacial score (nSPS) is 16.3. The van der Waals surface area contributed by atoms with E-state index in [0.717, 1.165) is 31.8 Å². The molecule has 8 heteroatoms. The molecule has 1 aromatic heterocycles. The van der Waals surface area contributed by atoms with Gasteiger partial charge in [0.25, 0.3) is 5.91 Å². The zero-order chi connectivity index (χ0) is 25.4. The third-order valence-corrected chi connectivity index (χ3v) is 8.12. The summed E-state index contributed by atoms with van der Waals surface area (Å²) in [6.07, 6.45) is -0.599. The Hall–Kier alpha value is -3.19. The molecule has 0 aliphatic carbocycles. The van der Waals surface area contributed by atoms with E-state index in [1.807, 2.05) is 49.4 Å². The van der Waals surface area contributed by atoms with Crippen molar-refractivity contribution in [1.82, 2.24) is 5.32 Å². The fourth-order valence-electron chi connectivity index (χ4n) is 4.30. The van der Waals surface area contributed by atoms with Crippen LogP contribution >= 0.6 is 34.5 Å². The minimum Gasteiger partial charge on any atom is -0.326 e. The molecule has 0 saturated carbocycles. The van der Waals surface area contributed by atoms with E-state index in [4.69, 9.17) is 28.2 Å². The van der Waals surface area contributed by atoms with Gasteiger partial charge in [0.1, 0.15) is 0 Å². The fraction of sp³-hybridized carbons (Fsp3) is 0.179. The number of nitrogens with one attached hydrogen (secondary N) is 1. The molecule has 0 bridgehead atoms. The third-order valence-electron chi connectivity index (χ3n) is 6.25. The number of benzodiazepines with no additional fused rings is 1. The van der Waals surface area contributed by atoms with Crippen molar-refractivity contribution >= 4 is 67.8 Å². The smallest absolute Gasteiger partial charge is 0.272 e. The maximum atomic E-state index is 13.4. The van der Waals surface area contributed by atoms with Crippen LogP contribution in [0.2, 0.25) is 10.0 Å². The molecule has 0 spiro atoms. The van der Waals surface area contributed by atoms with Crippen LogP contribution in [0.5, 0.6) is 0 Å². The number of fused-ring (bicyclic) bond motifs is 2. The number of carbonyl (C=O) groups is 2. The minimum absolute atomic E-state index is 0.266. The lowest BCUT2D eigenvalue weighted by atomic mass is 10.0. The largest absolute Gasteiger partial charge is 0.326 e. The van der Waals surface area contributed by atoms with Crippen molar-refractivity contribution in [3.05, 3.63) is 98.8 Å². The molecule has 0 saturated heterocycles. The number of rotatable bonds is 5. The summed E-state index contributed by atoms with van der Waals surface area (Å²) in [4.78, 5) is 33.9. The van der Waals surface area contributed by atoms with E-state index in [-0.39, 0.29) is 11.8 Å². The number of para-hydroxylation sites is 1. The Morgan fingerprint density at radius 3 is 2.58 bits per heavy atom. The number of likely N-dealkylation sites (N-methyl/N-ethyl adjacent to an activating group) is 1. The average Bonchev–Trinajstić information content (AvgIpc) is 3.28. The van der Waals surface area contributed by atoms with Crippen molar-refractivity contribution in [2.45, 2.75) is 19.5 Å². The molecule has 4 aromatic rings. The predicted octanol–water partition coefficient (Wildman–Crippen LogP) is 6.34. The van der Waals surface area contributed by atoms with Crippen LogP contribution in [0.4, 0.5) is 5.69 Å². The van der Waals surface area contributed by atoms with E-state index in [2.05, 4.69) is 23.5 Å². The van der Waals surface area contributed by atoms with Crippen molar-refractivity contribution in [2.24, 2.45) is 10.9 Å². The minimum atomic E-state index is -1.05. The van der Waals surface area contributed by atoms with Crippen LogP contribution < -0.4 is 10.2 Å². The van der Waals surface area contributed by atoms with Gasteiger partial charge in [-0.25, -0.2) is 4.99 Å². The molecule has 2 heterocycles. The highest BCUT2D eigenvalue weighted by atomic mass is 35.5. The molecule has 36 heavy (non-hydrogen) atoms. The van der Waals surface area contributed by atoms with Gasteiger partial charge in [-0.2, -0.15) is 0 Å². The average molecular weight is 536 g/mol. The Labute approximate surface area is 223 Å². The molecule has 5 rings (SSSR count). The second-order valence-electron chi connectivity index (χ2n) is 8.81. The first-order valence-corrected chi connectivity index (χ1v) is 13.1. The maximum Gasteiger partial charge on any atom is 0.272 e. The molecule has 1 aliphatic rings. The molecular weight excluding hydrogens is 513 g/mol. The summed E-state index contributed by atoms with van der Waals surface area (Å²) < 4.78 is 1.13. The van der Waals surface area contributed by atoms with Gasteiger partial charge in [0, 0.05) is 23.2 Å². The van der Waals surface area contributed by atoms with E-state index in [1.165, 1.54) is 0 Å². The number of anilines is 1. The summed E-state index contributed by atoms with van der Waals surface area (Å²) in [5.74, 6) is -0.971. The Morgan fingerprint density at radius 1 is 1.06 bits per heavy atom. The maximum absolute atomic E-state index is 13.4. The SMILES string of the molecule is CC(Cc1ccc(Cl)c(Cl)c1)C(=O)NC1N=C(c2cc3ccccc3s2)c2ccccc2N(C)C1=O. The first-order chi connectivity index (χ1) is 17.3. The summed E-state index contributed by atoms with van der Waals surface area (Å²) in [5.41, 5.74) is 3.17. The zero-order valence-electron chi connectivity index (χ0n) is 19.7. The van der Waals surface area contributed by atoms with Gasteiger partial charge in [0.2, 0.25) is 12.1 Å².